The van der Waals surface area contributed by atoms with E-state index in [2.05, 4.69) is 0 Å². The zero-order valence-electron chi connectivity index (χ0n) is 8.22. The Labute approximate surface area is 103 Å². The number of hydrogen-bond acceptors (Lipinski definition) is 2. The Morgan fingerprint density at radius 3 is 2.87 bits per heavy atom. The summed E-state index contributed by atoms with van der Waals surface area (Å²) >= 11 is 13.8. The molecule has 0 radical (unpaired) electrons. The second kappa shape index (κ2) is 4.36. The highest BCUT2D eigenvalue weighted by atomic mass is 35.5. The molecule has 4 heteroatoms. The molecule has 0 fully saturated rings. The highest BCUT2D eigenvalue weighted by Gasteiger charge is 2.24. The molecule has 0 amide bonds. The van der Waals surface area contributed by atoms with E-state index in [1.165, 1.54) is 0 Å². The lowest BCUT2D eigenvalue weighted by Crippen LogP contribution is -2.12. The molecule has 0 saturated carbocycles. The summed E-state index contributed by atoms with van der Waals surface area (Å²) in [6.45, 7) is 1.95. The minimum Gasteiger partial charge on any atom is -0.294 e. The quantitative estimate of drug-likeness (QED) is 0.700. The van der Waals surface area contributed by atoms with Crippen molar-refractivity contribution in [2.45, 2.75) is 12.7 Å². The molecule has 0 N–H and O–H groups in total. The Hall–Kier alpha value is -0.180. The van der Waals surface area contributed by atoms with Gasteiger partial charge in [-0.3, -0.25) is 4.79 Å². The summed E-state index contributed by atoms with van der Waals surface area (Å²) in [7, 11) is 0. The van der Waals surface area contributed by atoms with Crippen LogP contribution in [0.5, 0.6) is 0 Å². The largest absolute Gasteiger partial charge is 0.294 e. The third-order valence-corrected chi connectivity index (χ3v) is 4.60. The number of ketones is 1. The lowest BCUT2D eigenvalue weighted by atomic mass is 9.97. The topological polar surface area (TPSA) is 17.1 Å². The molecular weight excluding hydrogens is 251 g/mol. The number of carbonyl (C=O) groups is 1. The van der Waals surface area contributed by atoms with E-state index in [9.17, 15) is 4.79 Å². The SMILES string of the molecule is CC1CSCc2c(ccc(Cl)c2Cl)C1=O. The van der Waals surface area contributed by atoms with Crippen molar-refractivity contribution in [3.8, 4) is 0 Å². The van der Waals surface area contributed by atoms with Crippen LogP contribution in [0, 0.1) is 5.92 Å². The normalized spacial score (nSPS) is 21.0. The predicted molar refractivity (Wildman–Crippen MR) is 66.1 cm³/mol. The van der Waals surface area contributed by atoms with Gasteiger partial charge in [0, 0.05) is 23.0 Å². The van der Waals surface area contributed by atoms with Crippen LogP contribution in [0.4, 0.5) is 0 Å². The van der Waals surface area contributed by atoms with Gasteiger partial charge in [-0.2, -0.15) is 11.8 Å². The third-order valence-electron chi connectivity index (χ3n) is 2.52. The van der Waals surface area contributed by atoms with Crippen molar-refractivity contribution >= 4 is 40.7 Å². The van der Waals surface area contributed by atoms with Crippen molar-refractivity contribution in [1.82, 2.24) is 0 Å². The maximum absolute atomic E-state index is 12.0. The van der Waals surface area contributed by atoms with Gasteiger partial charge in [-0.1, -0.05) is 30.1 Å². The van der Waals surface area contributed by atoms with Crippen molar-refractivity contribution in [2.24, 2.45) is 5.92 Å². The average molecular weight is 261 g/mol. The zero-order valence-corrected chi connectivity index (χ0v) is 10.5. The van der Waals surface area contributed by atoms with Crippen molar-refractivity contribution in [3.05, 3.63) is 33.3 Å². The van der Waals surface area contributed by atoms with Gasteiger partial charge >= 0.3 is 0 Å². The van der Waals surface area contributed by atoms with Crippen LogP contribution in [0.2, 0.25) is 10.0 Å². The molecule has 1 atom stereocenters. The number of carbonyl (C=O) groups excluding carboxylic acids is 1. The van der Waals surface area contributed by atoms with Gasteiger partial charge < -0.3 is 0 Å². The van der Waals surface area contributed by atoms with Crippen molar-refractivity contribution in [1.29, 1.82) is 0 Å². The molecule has 0 spiro atoms. The molecule has 1 unspecified atom stereocenters. The summed E-state index contributed by atoms with van der Waals surface area (Å²) in [6, 6.07) is 3.48. The average Bonchev–Trinajstić information content (AvgIpc) is 2.35. The first kappa shape index (κ1) is 11.3. The van der Waals surface area contributed by atoms with Crippen LogP contribution < -0.4 is 0 Å². The van der Waals surface area contributed by atoms with E-state index in [1.807, 2.05) is 6.92 Å². The van der Waals surface area contributed by atoms with Crippen molar-refractivity contribution < 1.29 is 4.79 Å². The van der Waals surface area contributed by atoms with E-state index in [0.717, 1.165) is 22.6 Å². The molecule has 1 heterocycles. The highest BCUT2D eigenvalue weighted by Crippen LogP contribution is 2.35. The number of halogens is 2. The second-order valence-corrected chi connectivity index (χ2v) is 5.48. The molecule has 0 aromatic heterocycles. The molecule has 1 aromatic carbocycles. The molecule has 1 aromatic rings. The van der Waals surface area contributed by atoms with Crippen LogP contribution in [0.15, 0.2) is 12.1 Å². The maximum Gasteiger partial charge on any atom is 0.166 e. The number of benzene rings is 1. The Morgan fingerprint density at radius 2 is 2.13 bits per heavy atom. The Bertz CT molecular complexity index is 417. The fraction of sp³-hybridized carbons (Fsp3) is 0.364. The molecule has 1 aliphatic heterocycles. The predicted octanol–water partition coefficient (Wildman–Crippen LogP) is 4.06. The van der Waals surface area contributed by atoms with Gasteiger partial charge in [-0.15, -0.1) is 0 Å². The van der Waals surface area contributed by atoms with Gasteiger partial charge in [0.1, 0.15) is 0 Å². The van der Waals surface area contributed by atoms with Crippen LogP contribution in [-0.2, 0) is 5.75 Å². The van der Waals surface area contributed by atoms with E-state index in [4.69, 9.17) is 23.2 Å². The standard InChI is InChI=1S/C11H10Cl2OS/c1-6-4-15-5-8-7(11(6)14)2-3-9(12)10(8)13/h2-3,6H,4-5H2,1H3. The van der Waals surface area contributed by atoms with Gasteiger partial charge in [-0.25, -0.2) is 0 Å². The van der Waals surface area contributed by atoms with E-state index >= 15 is 0 Å². The first-order chi connectivity index (χ1) is 7.11. The third kappa shape index (κ3) is 2.03. The highest BCUT2D eigenvalue weighted by molar-refractivity contribution is 7.98. The first-order valence-electron chi connectivity index (χ1n) is 4.70. The molecule has 2 rings (SSSR count). The van der Waals surface area contributed by atoms with Crippen LogP contribution in [0.25, 0.3) is 0 Å². The van der Waals surface area contributed by atoms with E-state index in [1.54, 1.807) is 23.9 Å². The molecule has 1 aliphatic rings. The zero-order chi connectivity index (χ0) is 11.0. The second-order valence-electron chi connectivity index (χ2n) is 3.67. The minimum absolute atomic E-state index is 0.0634. The number of hydrogen-bond donors (Lipinski definition) is 0. The fourth-order valence-electron chi connectivity index (χ4n) is 1.64. The van der Waals surface area contributed by atoms with Gasteiger partial charge in [0.25, 0.3) is 0 Å². The van der Waals surface area contributed by atoms with Crippen LogP contribution >= 0.6 is 35.0 Å². The fourth-order valence-corrected chi connectivity index (χ4v) is 3.26. The summed E-state index contributed by atoms with van der Waals surface area (Å²) in [5.74, 6) is 1.86. The number of fused-ring (bicyclic) bond motifs is 1. The van der Waals surface area contributed by atoms with Crippen LogP contribution in [0.1, 0.15) is 22.8 Å². The van der Waals surface area contributed by atoms with Crippen molar-refractivity contribution in [2.75, 3.05) is 5.75 Å². The summed E-state index contributed by atoms with van der Waals surface area (Å²) < 4.78 is 0. The molecular formula is C11H10Cl2OS. The van der Waals surface area contributed by atoms with Gasteiger partial charge in [-0.05, 0) is 17.7 Å². The van der Waals surface area contributed by atoms with E-state index in [0.29, 0.717) is 10.0 Å². The number of Topliss-reactive ketones (excluding diaryl/α,β-unsaturated/α-hetero) is 1. The molecule has 15 heavy (non-hydrogen) atoms. The molecule has 80 valence electrons. The lowest BCUT2D eigenvalue weighted by molar-refractivity contribution is 0.0942. The molecule has 0 bridgehead atoms. The molecule has 1 nitrogen and oxygen atoms in total. The van der Waals surface area contributed by atoms with E-state index in [-0.39, 0.29) is 11.7 Å². The number of rotatable bonds is 0. The van der Waals surface area contributed by atoms with Gasteiger partial charge in [0.15, 0.2) is 5.78 Å². The Kier molecular flexibility index (Phi) is 3.29. The monoisotopic (exact) mass is 260 g/mol. The minimum atomic E-state index is 0.0634. The van der Waals surface area contributed by atoms with Crippen molar-refractivity contribution in [3.63, 3.8) is 0 Å². The summed E-state index contributed by atoms with van der Waals surface area (Å²) in [5.41, 5.74) is 1.63. The summed E-state index contributed by atoms with van der Waals surface area (Å²) in [4.78, 5) is 12.0. The molecule has 0 aliphatic carbocycles. The lowest BCUT2D eigenvalue weighted by Gasteiger charge is -2.09. The maximum atomic E-state index is 12.0. The van der Waals surface area contributed by atoms with Crippen LogP contribution in [0.3, 0.4) is 0 Å². The first-order valence-corrected chi connectivity index (χ1v) is 6.61. The van der Waals surface area contributed by atoms with Gasteiger partial charge in [0.2, 0.25) is 0 Å². The van der Waals surface area contributed by atoms with E-state index < -0.39 is 0 Å². The van der Waals surface area contributed by atoms with Gasteiger partial charge in [0.05, 0.1) is 10.0 Å². The summed E-state index contributed by atoms with van der Waals surface area (Å²) in [6.07, 6.45) is 0. The Morgan fingerprint density at radius 1 is 1.40 bits per heavy atom. The molecule has 0 saturated heterocycles. The summed E-state index contributed by atoms with van der Waals surface area (Å²) in [5, 5.41) is 1.06. The number of thioether (sulfide) groups is 1. The Balaban J connectivity index is 2.58. The van der Waals surface area contributed by atoms with Crippen LogP contribution in [-0.4, -0.2) is 11.5 Å². The smallest absolute Gasteiger partial charge is 0.166 e.